The molecular weight excluding hydrogens is 234 g/mol. The van der Waals surface area contributed by atoms with E-state index in [1.165, 1.54) is 24.0 Å². The van der Waals surface area contributed by atoms with Gasteiger partial charge in [-0.25, -0.2) is 0 Å². The van der Waals surface area contributed by atoms with E-state index in [1.807, 2.05) is 0 Å². The van der Waals surface area contributed by atoms with Crippen LogP contribution in [0.3, 0.4) is 0 Å². The van der Waals surface area contributed by atoms with Crippen molar-refractivity contribution in [3.8, 4) is 0 Å². The molecule has 0 aliphatic carbocycles. The van der Waals surface area contributed by atoms with Gasteiger partial charge >= 0.3 is 0 Å². The van der Waals surface area contributed by atoms with Crippen LogP contribution in [0.15, 0.2) is 18.2 Å². The van der Waals surface area contributed by atoms with Crippen molar-refractivity contribution >= 4 is 5.91 Å². The number of aryl methyl sites for hydroxylation is 1. The van der Waals surface area contributed by atoms with Crippen LogP contribution in [0.25, 0.3) is 0 Å². The molecule has 1 atom stereocenters. The highest BCUT2D eigenvalue weighted by molar-refractivity contribution is 5.97. The molecule has 104 valence electrons. The Kier molecular flexibility index (Phi) is 4.62. The SMILES string of the molecule is CCCCc1ccc2c(c1)C(=O)NCC2CC(C)C. The summed E-state index contributed by atoms with van der Waals surface area (Å²) >= 11 is 0. The maximum atomic E-state index is 12.0. The Bertz CT molecular complexity index is 451. The summed E-state index contributed by atoms with van der Waals surface area (Å²) < 4.78 is 0. The number of carbonyl (C=O) groups is 1. The van der Waals surface area contributed by atoms with Gasteiger partial charge in [0.25, 0.3) is 5.91 Å². The number of hydrogen-bond acceptors (Lipinski definition) is 1. The monoisotopic (exact) mass is 259 g/mol. The molecule has 0 saturated carbocycles. The molecule has 19 heavy (non-hydrogen) atoms. The van der Waals surface area contributed by atoms with Crippen LogP contribution in [0.2, 0.25) is 0 Å². The van der Waals surface area contributed by atoms with Gasteiger partial charge in [0.05, 0.1) is 0 Å². The smallest absolute Gasteiger partial charge is 0.251 e. The van der Waals surface area contributed by atoms with Gasteiger partial charge in [0.2, 0.25) is 0 Å². The fraction of sp³-hybridized carbons (Fsp3) is 0.588. The molecule has 0 fully saturated rings. The van der Waals surface area contributed by atoms with Crippen molar-refractivity contribution in [1.29, 1.82) is 0 Å². The van der Waals surface area contributed by atoms with Gasteiger partial charge in [-0.05, 0) is 42.4 Å². The van der Waals surface area contributed by atoms with E-state index in [0.29, 0.717) is 11.8 Å². The van der Waals surface area contributed by atoms with E-state index in [4.69, 9.17) is 0 Å². The first-order valence-electron chi connectivity index (χ1n) is 7.52. The Labute approximate surface area is 116 Å². The fourth-order valence-corrected chi connectivity index (χ4v) is 2.89. The Balaban J connectivity index is 2.25. The first kappa shape index (κ1) is 14.1. The van der Waals surface area contributed by atoms with Crippen molar-refractivity contribution in [2.45, 2.75) is 52.4 Å². The zero-order chi connectivity index (χ0) is 13.8. The summed E-state index contributed by atoms with van der Waals surface area (Å²) in [6.45, 7) is 7.47. The number of rotatable bonds is 5. The first-order valence-corrected chi connectivity index (χ1v) is 7.52. The fourth-order valence-electron chi connectivity index (χ4n) is 2.89. The zero-order valence-electron chi connectivity index (χ0n) is 12.3. The summed E-state index contributed by atoms with van der Waals surface area (Å²) in [6.07, 6.45) is 4.60. The molecule has 1 aromatic carbocycles. The number of benzene rings is 1. The second-order valence-corrected chi connectivity index (χ2v) is 6.06. The second-order valence-electron chi connectivity index (χ2n) is 6.06. The lowest BCUT2D eigenvalue weighted by Crippen LogP contribution is -2.35. The molecule has 2 rings (SSSR count). The van der Waals surface area contributed by atoms with Crippen LogP contribution >= 0.6 is 0 Å². The van der Waals surface area contributed by atoms with Crippen molar-refractivity contribution in [2.75, 3.05) is 6.54 Å². The van der Waals surface area contributed by atoms with Crippen LogP contribution in [0.1, 0.15) is 67.4 Å². The predicted molar refractivity (Wildman–Crippen MR) is 79.6 cm³/mol. The molecule has 2 heteroatoms. The summed E-state index contributed by atoms with van der Waals surface area (Å²) in [5.74, 6) is 1.24. The van der Waals surface area contributed by atoms with Crippen LogP contribution in [0, 0.1) is 5.92 Å². The number of carbonyl (C=O) groups excluding carboxylic acids is 1. The normalized spacial score (nSPS) is 18.3. The maximum absolute atomic E-state index is 12.0. The van der Waals surface area contributed by atoms with Crippen LogP contribution in [0.4, 0.5) is 0 Å². The van der Waals surface area contributed by atoms with Crippen LogP contribution in [-0.2, 0) is 6.42 Å². The summed E-state index contributed by atoms with van der Waals surface area (Å²) in [4.78, 5) is 12.0. The highest BCUT2D eigenvalue weighted by Gasteiger charge is 2.25. The summed E-state index contributed by atoms with van der Waals surface area (Å²) in [6, 6.07) is 6.50. The minimum atomic E-state index is 0.105. The molecule has 1 aromatic rings. The molecule has 0 saturated heterocycles. The lowest BCUT2D eigenvalue weighted by atomic mass is 9.84. The molecule has 0 radical (unpaired) electrons. The quantitative estimate of drug-likeness (QED) is 0.853. The van der Waals surface area contributed by atoms with Crippen molar-refractivity contribution in [3.63, 3.8) is 0 Å². The second kappa shape index (κ2) is 6.23. The van der Waals surface area contributed by atoms with Crippen molar-refractivity contribution in [2.24, 2.45) is 5.92 Å². The van der Waals surface area contributed by atoms with Gasteiger partial charge < -0.3 is 5.32 Å². The van der Waals surface area contributed by atoms with Crippen molar-refractivity contribution in [3.05, 3.63) is 34.9 Å². The van der Waals surface area contributed by atoms with E-state index in [9.17, 15) is 4.79 Å². The van der Waals surface area contributed by atoms with Crippen LogP contribution in [-0.4, -0.2) is 12.5 Å². The largest absolute Gasteiger partial charge is 0.351 e. The molecule has 1 N–H and O–H groups in total. The molecule has 0 aromatic heterocycles. The number of unbranched alkanes of at least 4 members (excludes halogenated alkanes) is 1. The molecule has 2 nitrogen and oxygen atoms in total. The molecular formula is C17H25NO. The topological polar surface area (TPSA) is 29.1 Å². The minimum Gasteiger partial charge on any atom is -0.351 e. The highest BCUT2D eigenvalue weighted by atomic mass is 16.1. The highest BCUT2D eigenvalue weighted by Crippen LogP contribution is 2.30. The molecule has 0 spiro atoms. The Morgan fingerprint density at radius 1 is 1.37 bits per heavy atom. The third-order valence-electron chi connectivity index (χ3n) is 3.89. The van der Waals surface area contributed by atoms with E-state index >= 15 is 0 Å². The number of nitrogens with one attached hydrogen (secondary N) is 1. The Morgan fingerprint density at radius 2 is 2.16 bits per heavy atom. The van der Waals surface area contributed by atoms with Gasteiger partial charge in [0.15, 0.2) is 0 Å². The van der Waals surface area contributed by atoms with Gasteiger partial charge in [0, 0.05) is 18.0 Å². The lowest BCUT2D eigenvalue weighted by Gasteiger charge is -2.27. The summed E-state index contributed by atoms with van der Waals surface area (Å²) in [5.41, 5.74) is 3.45. The van der Waals surface area contributed by atoms with E-state index < -0.39 is 0 Å². The third-order valence-corrected chi connectivity index (χ3v) is 3.89. The van der Waals surface area contributed by atoms with E-state index in [0.717, 1.165) is 24.9 Å². The minimum absolute atomic E-state index is 0.105. The van der Waals surface area contributed by atoms with E-state index in [1.54, 1.807) is 0 Å². The maximum Gasteiger partial charge on any atom is 0.251 e. The standard InChI is InChI=1S/C17H25NO/c1-4-5-6-13-7-8-15-14(9-12(2)3)11-18-17(19)16(15)10-13/h7-8,10,12,14H,4-6,9,11H2,1-3H3,(H,18,19). The number of fused-ring (bicyclic) bond motifs is 1. The molecule has 1 aliphatic heterocycles. The molecule has 1 aliphatic rings. The van der Waals surface area contributed by atoms with Crippen molar-refractivity contribution < 1.29 is 4.79 Å². The summed E-state index contributed by atoms with van der Waals surface area (Å²) in [5, 5.41) is 3.04. The first-order chi connectivity index (χ1) is 9.11. The average molecular weight is 259 g/mol. The Morgan fingerprint density at radius 3 is 2.84 bits per heavy atom. The van der Waals surface area contributed by atoms with Gasteiger partial charge in [0.1, 0.15) is 0 Å². The predicted octanol–water partition coefficient (Wildman–Crippen LogP) is 3.90. The molecule has 1 heterocycles. The van der Waals surface area contributed by atoms with E-state index in [2.05, 4.69) is 44.3 Å². The average Bonchev–Trinajstić information content (AvgIpc) is 2.39. The lowest BCUT2D eigenvalue weighted by molar-refractivity contribution is 0.0938. The van der Waals surface area contributed by atoms with Gasteiger partial charge in [-0.15, -0.1) is 0 Å². The van der Waals surface area contributed by atoms with E-state index in [-0.39, 0.29) is 5.91 Å². The van der Waals surface area contributed by atoms with Crippen LogP contribution < -0.4 is 5.32 Å². The molecule has 1 unspecified atom stereocenters. The number of hydrogen-bond donors (Lipinski definition) is 1. The molecule has 0 bridgehead atoms. The number of amides is 1. The Hall–Kier alpha value is -1.31. The van der Waals surface area contributed by atoms with Crippen LogP contribution in [0.5, 0.6) is 0 Å². The van der Waals surface area contributed by atoms with Gasteiger partial charge in [-0.1, -0.05) is 39.3 Å². The zero-order valence-corrected chi connectivity index (χ0v) is 12.3. The third kappa shape index (κ3) is 3.37. The summed E-state index contributed by atoms with van der Waals surface area (Å²) in [7, 11) is 0. The van der Waals surface area contributed by atoms with Gasteiger partial charge in [-0.3, -0.25) is 4.79 Å². The molecule has 1 amide bonds. The van der Waals surface area contributed by atoms with Crippen molar-refractivity contribution in [1.82, 2.24) is 5.32 Å². The van der Waals surface area contributed by atoms with Gasteiger partial charge in [-0.2, -0.15) is 0 Å².